The smallest absolute Gasteiger partial charge is 0.264 e. The zero-order valence-electron chi connectivity index (χ0n) is 26.2. The summed E-state index contributed by atoms with van der Waals surface area (Å²) in [5.74, 6) is -0.820. The van der Waals surface area contributed by atoms with Crippen molar-refractivity contribution >= 4 is 55.1 Å². The van der Waals surface area contributed by atoms with E-state index in [9.17, 15) is 18.0 Å². The molecule has 4 rings (SSSR count). The van der Waals surface area contributed by atoms with E-state index in [1.165, 1.54) is 17.0 Å². The zero-order chi connectivity index (χ0) is 33.3. The number of carbonyl (C=O) groups excluding carboxylic acids is 2. The monoisotopic (exact) mass is 723 g/mol. The Morgan fingerprint density at radius 1 is 0.870 bits per heavy atom. The summed E-state index contributed by atoms with van der Waals surface area (Å²) >= 11 is 9.93. The maximum absolute atomic E-state index is 14.6. The van der Waals surface area contributed by atoms with E-state index >= 15 is 0 Å². The molecule has 0 saturated carbocycles. The molecule has 1 N–H and O–H groups in total. The number of amides is 2. The van der Waals surface area contributed by atoms with Gasteiger partial charge in [0.1, 0.15) is 12.6 Å². The van der Waals surface area contributed by atoms with Crippen molar-refractivity contribution < 1.29 is 18.0 Å². The van der Waals surface area contributed by atoms with E-state index < -0.39 is 28.5 Å². The molecule has 4 aromatic carbocycles. The largest absolute Gasteiger partial charge is 0.354 e. The topological polar surface area (TPSA) is 86.8 Å². The summed E-state index contributed by atoms with van der Waals surface area (Å²) < 4.78 is 30.5. The predicted octanol–water partition coefficient (Wildman–Crippen LogP) is 7.47. The number of hydrogen-bond acceptors (Lipinski definition) is 4. The lowest BCUT2D eigenvalue weighted by Gasteiger charge is -2.34. The average molecular weight is 725 g/mol. The van der Waals surface area contributed by atoms with E-state index in [4.69, 9.17) is 11.6 Å². The first-order valence-electron chi connectivity index (χ1n) is 15.2. The Morgan fingerprint density at radius 3 is 2.20 bits per heavy atom. The summed E-state index contributed by atoms with van der Waals surface area (Å²) in [7, 11) is -4.22. The van der Waals surface area contributed by atoms with Gasteiger partial charge in [-0.15, -0.1) is 0 Å². The highest BCUT2D eigenvalue weighted by Crippen LogP contribution is 2.31. The number of nitrogens with zero attached hydrogens (tertiary/aromatic N) is 2. The summed E-state index contributed by atoms with van der Waals surface area (Å²) in [6.45, 7) is 5.66. The van der Waals surface area contributed by atoms with Gasteiger partial charge in [0.15, 0.2) is 0 Å². The number of unbranched alkanes of at least 4 members (excludes halogenated alkanes) is 1. The van der Waals surface area contributed by atoms with Crippen molar-refractivity contribution in [3.8, 4) is 0 Å². The average Bonchev–Trinajstić information content (AvgIpc) is 3.04. The number of benzene rings is 4. The molecular weight excluding hydrogens is 686 g/mol. The van der Waals surface area contributed by atoms with Crippen molar-refractivity contribution in [2.45, 2.75) is 57.5 Å². The Morgan fingerprint density at radius 2 is 1.54 bits per heavy atom. The van der Waals surface area contributed by atoms with Gasteiger partial charge >= 0.3 is 0 Å². The van der Waals surface area contributed by atoms with Crippen molar-refractivity contribution in [3.63, 3.8) is 0 Å². The fraction of sp³-hybridized carbons (Fsp3) is 0.278. The van der Waals surface area contributed by atoms with Crippen molar-refractivity contribution in [3.05, 3.63) is 129 Å². The maximum Gasteiger partial charge on any atom is 0.264 e. The summed E-state index contributed by atoms with van der Waals surface area (Å²) in [5, 5.41) is 3.38. The number of carbonyl (C=O) groups is 2. The molecule has 10 heteroatoms. The summed E-state index contributed by atoms with van der Waals surface area (Å²) in [4.78, 5) is 30.0. The number of hydrogen-bond donors (Lipinski definition) is 1. The predicted molar refractivity (Wildman–Crippen MR) is 188 cm³/mol. The molecule has 2 amide bonds. The van der Waals surface area contributed by atoms with E-state index in [2.05, 4.69) is 21.2 Å². The van der Waals surface area contributed by atoms with E-state index in [0.717, 1.165) is 38.3 Å². The lowest BCUT2D eigenvalue weighted by Crippen LogP contribution is -2.53. The maximum atomic E-state index is 14.6. The SMILES string of the molecule is CCCCNC(=O)[C@H](Cc1ccccc1)N(Cc1ccc(Br)cc1)C(=O)CN(c1cccc(Cl)c1C)S(=O)(=O)c1ccc(C)cc1. The molecule has 242 valence electrons. The number of nitrogens with one attached hydrogen (secondary N) is 1. The number of halogens is 2. The molecule has 1 atom stereocenters. The van der Waals surface area contributed by atoms with Crippen LogP contribution < -0.4 is 9.62 Å². The van der Waals surface area contributed by atoms with Crippen LogP contribution in [-0.4, -0.2) is 44.3 Å². The van der Waals surface area contributed by atoms with Gasteiger partial charge in [0.05, 0.1) is 10.6 Å². The Hall–Kier alpha value is -3.66. The number of rotatable bonds is 14. The van der Waals surface area contributed by atoms with Gasteiger partial charge in [-0.25, -0.2) is 8.42 Å². The van der Waals surface area contributed by atoms with Crippen LogP contribution in [0.3, 0.4) is 0 Å². The van der Waals surface area contributed by atoms with Crippen molar-refractivity contribution in [1.82, 2.24) is 10.2 Å². The molecule has 0 radical (unpaired) electrons. The van der Waals surface area contributed by atoms with Crippen LogP contribution in [0, 0.1) is 13.8 Å². The van der Waals surface area contributed by atoms with Crippen molar-refractivity contribution in [2.75, 3.05) is 17.4 Å². The van der Waals surface area contributed by atoms with Crippen LogP contribution in [0.1, 0.15) is 42.0 Å². The quantitative estimate of drug-likeness (QED) is 0.137. The molecular formula is C36H39BrClN3O4S. The zero-order valence-corrected chi connectivity index (χ0v) is 29.4. The van der Waals surface area contributed by atoms with E-state index in [1.54, 1.807) is 37.3 Å². The van der Waals surface area contributed by atoms with Crippen LogP contribution >= 0.6 is 27.5 Å². The molecule has 0 saturated heterocycles. The van der Waals surface area contributed by atoms with Gasteiger partial charge in [0.25, 0.3) is 10.0 Å². The van der Waals surface area contributed by atoms with Gasteiger partial charge in [-0.1, -0.05) is 107 Å². The first kappa shape index (κ1) is 35.2. The molecule has 0 fully saturated rings. The molecule has 0 aliphatic heterocycles. The molecule has 0 aromatic heterocycles. The van der Waals surface area contributed by atoms with Crippen LogP contribution in [0.4, 0.5) is 5.69 Å². The van der Waals surface area contributed by atoms with Crippen LogP contribution in [0.15, 0.2) is 106 Å². The van der Waals surface area contributed by atoms with Crippen molar-refractivity contribution in [1.29, 1.82) is 0 Å². The second-order valence-electron chi connectivity index (χ2n) is 11.2. The molecule has 0 unspecified atom stereocenters. The lowest BCUT2D eigenvalue weighted by atomic mass is 10.0. The Labute approximate surface area is 285 Å². The normalized spacial score (nSPS) is 11.9. The summed E-state index contributed by atoms with van der Waals surface area (Å²) in [6, 6.07) is 27.6. The van der Waals surface area contributed by atoms with E-state index in [1.807, 2.05) is 68.4 Å². The van der Waals surface area contributed by atoms with Crippen LogP contribution in [0.25, 0.3) is 0 Å². The minimum atomic E-state index is -4.22. The van der Waals surface area contributed by atoms with E-state index in [0.29, 0.717) is 17.1 Å². The molecule has 46 heavy (non-hydrogen) atoms. The number of anilines is 1. The van der Waals surface area contributed by atoms with Gasteiger partial charge in [-0.3, -0.25) is 13.9 Å². The third kappa shape index (κ3) is 8.99. The van der Waals surface area contributed by atoms with Gasteiger partial charge in [0.2, 0.25) is 11.8 Å². The lowest BCUT2D eigenvalue weighted by molar-refractivity contribution is -0.140. The fourth-order valence-corrected chi connectivity index (χ4v) is 6.97. The second kappa shape index (κ2) is 16.3. The second-order valence-corrected chi connectivity index (χ2v) is 14.4. The van der Waals surface area contributed by atoms with Crippen LogP contribution in [0.5, 0.6) is 0 Å². The Balaban J connectivity index is 1.81. The highest BCUT2D eigenvalue weighted by Gasteiger charge is 2.35. The van der Waals surface area contributed by atoms with Gasteiger partial charge in [-0.05, 0) is 73.4 Å². The highest BCUT2D eigenvalue weighted by molar-refractivity contribution is 9.10. The Bertz CT molecular complexity index is 1730. The fourth-order valence-electron chi connectivity index (χ4n) is 5.06. The summed E-state index contributed by atoms with van der Waals surface area (Å²) in [5.41, 5.74) is 3.38. The third-order valence-electron chi connectivity index (χ3n) is 7.76. The standard InChI is InChI=1S/C36H39BrClN3O4S/c1-4-5-22-39-36(43)34(23-28-10-7-6-8-11-28)40(24-29-16-18-30(37)19-17-29)35(42)25-41(33-13-9-12-32(38)27(33)3)46(44,45)31-20-14-26(2)15-21-31/h6-21,34H,4-5,22-25H2,1-3H3,(H,39,43)/t34-/m0/s1. The third-order valence-corrected chi connectivity index (χ3v) is 10.5. The summed E-state index contributed by atoms with van der Waals surface area (Å²) in [6.07, 6.45) is 1.94. The first-order valence-corrected chi connectivity index (χ1v) is 17.8. The van der Waals surface area contributed by atoms with Crippen LogP contribution in [0.2, 0.25) is 5.02 Å². The molecule has 0 aliphatic rings. The molecule has 7 nitrogen and oxygen atoms in total. The molecule has 0 aliphatic carbocycles. The first-order chi connectivity index (χ1) is 22.0. The molecule has 4 aromatic rings. The van der Waals surface area contributed by atoms with Gasteiger partial charge < -0.3 is 10.2 Å². The van der Waals surface area contributed by atoms with Gasteiger partial charge in [0, 0.05) is 29.0 Å². The Kier molecular flexibility index (Phi) is 12.4. The minimum Gasteiger partial charge on any atom is -0.354 e. The highest BCUT2D eigenvalue weighted by atomic mass is 79.9. The minimum absolute atomic E-state index is 0.0443. The number of sulfonamides is 1. The molecule has 0 heterocycles. The van der Waals surface area contributed by atoms with Crippen LogP contribution in [-0.2, 0) is 32.6 Å². The van der Waals surface area contributed by atoms with Crippen molar-refractivity contribution in [2.24, 2.45) is 0 Å². The molecule has 0 bridgehead atoms. The van der Waals surface area contributed by atoms with E-state index in [-0.39, 0.29) is 29.5 Å². The van der Waals surface area contributed by atoms with Gasteiger partial charge in [-0.2, -0.15) is 0 Å². The molecule has 0 spiro atoms. The number of aryl methyl sites for hydroxylation is 1.